The fourth-order valence-electron chi connectivity index (χ4n) is 6.75. The van der Waals surface area contributed by atoms with E-state index in [9.17, 15) is 30.3 Å². The first kappa shape index (κ1) is 59.3. The topological polar surface area (TPSA) is 149 Å². The summed E-state index contributed by atoms with van der Waals surface area (Å²) in [6, 6.07) is -0.840. The van der Waals surface area contributed by atoms with Gasteiger partial charge < -0.3 is 40.3 Å². The van der Waals surface area contributed by atoms with E-state index in [0.717, 1.165) is 116 Å². The van der Waals surface area contributed by atoms with Crippen LogP contribution in [-0.4, -0.2) is 87.5 Å². The number of rotatable bonds is 39. The molecular weight excluding hydrogens is 815 g/mol. The van der Waals surface area contributed by atoms with Gasteiger partial charge in [0.25, 0.3) is 0 Å². The largest absolute Gasteiger partial charge is 0.394 e. The van der Waals surface area contributed by atoms with Gasteiger partial charge in [0.05, 0.1) is 25.4 Å². The molecule has 0 aliphatic carbocycles. The van der Waals surface area contributed by atoms with Crippen molar-refractivity contribution < 1.29 is 39.8 Å². The highest BCUT2D eigenvalue weighted by Crippen LogP contribution is 2.22. The number of hydrogen-bond donors (Lipinski definition) is 6. The number of ether oxygens (including phenoxy) is 2. The maximum absolute atomic E-state index is 12.9. The minimum Gasteiger partial charge on any atom is -0.394 e. The summed E-state index contributed by atoms with van der Waals surface area (Å²) in [4.78, 5) is 12.9. The minimum absolute atomic E-state index is 0.216. The Kier molecular flexibility index (Phi) is 40.3. The second-order valence-corrected chi connectivity index (χ2v) is 16.5. The Labute approximate surface area is 394 Å². The van der Waals surface area contributed by atoms with Crippen molar-refractivity contribution >= 4 is 5.91 Å². The van der Waals surface area contributed by atoms with Crippen molar-refractivity contribution in [3.63, 3.8) is 0 Å². The van der Waals surface area contributed by atoms with Gasteiger partial charge in [0, 0.05) is 6.42 Å². The molecule has 0 bridgehead atoms. The van der Waals surface area contributed by atoms with E-state index in [4.69, 9.17) is 9.47 Å². The van der Waals surface area contributed by atoms with Gasteiger partial charge in [-0.05, 0) is 103 Å². The summed E-state index contributed by atoms with van der Waals surface area (Å²) >= 11 is 0. The molecule has 9 heteroatoms. The van der Waals surface area contributed by atoms with Crippen LogP contribution in [0.25, 0.3) is 0 Å². The molecule has 7 atom stereocenters. The lowest BCUT2D eigenvalue weighted by atomic mass is 9.99. The second kappa shape index (κ2) is 44.2. The Morgan fingerprint density at radius 3 is 1.48 bits per heavy atom. The van der Waals surface area contributed by atoms with Crippen molar-refractivity contribution in [1.82, 2.24) is 5.32 Å². The van der Waals surface area contributed by atoms with E-state index >= 15 is 0 Å². The van der Waals surface area contributed by atoms with Gasteiger partial charge >= 0.3 is 0 Å². The number of allylic oxidation sites excluding steroid dienone is 21. The third kappa shape index (κ3) is 34.3. The maximum atomic E-state index is 12.9. The molecule has 1 aliphatic rings. The fraction of sp³-hybridized carbons (Fsp3) is 0.589. The number of carbonyl (C=O) groups is 1. The van der Waals surface area contributed by atoms with Crippen molar-refractivity contribution in [3.8, 4) is 0 Å². The predicted octanol–water partition coefficient (Wildman–Crippen LogP) is 11.4. The molecule has 6 N–H and O–H groups in total. The van der Waals surface area contributed by atoms with Crippen LogP contribution >= 0.6 is 0 Å². The van der Waals surface area contributed by atoms with Crippen LogP contribution in [0.2, 0.25) is 0 Å². The summed E-state index contributed by atoms with van der Waals surface area (Å²) in [6.45, 7) is 3.54. The predicted molar refractivity (Wildman–Crippen MR) is 271 cm³/mol. The number of aliphatic hydroxyl groups excluding tert-OH is 5. The van der Waals surface area contributed by atoms with Crippen LogP contribution in [0.4, 0.5) is 0 Å². The third-order valence-electron chi connectivity index (χ3n) is 10.7. The molecule has 0 aromatic carbocycles. The highest BCUT2D eigenvalue weighted by Gasteiger charge is 2.44. The highest BCUT2D eigenvalue weighted by molar-refractivity contribution is 5.76. The Morgan fingerprint density at radius 2 is 0.969 bits per heavy atom. The van der Waals surface area contributed by atoms with Crippen LogP contribution in [0.15, 0.2) is 134 Å². The van der Waals surface area contributed by atoms with Crippen molar-refractivity contribution in [2.45, 2.75) is 198 Å². The zero-order valence-electron chi connectivity index (χ0n) is 40.2. The van der Waals surface area contributed by atoms with E-state index in [1.807, 2.05) is 6.08 Å². The Morgan fingerprint density at radius 1 is 0.538 bits per heavy atom. The molecule has 0 aromatic rings. The molecule has 0 aromatic heterocycles. The number of hydrogen-bond acceptors (Lipinski definition) is 8. The van der Waals surface area contributed by atoms with E-state index in [0.29, 0.717) is 6.42 Å². The first-order valence-electron chi connectivity index (χ1n) is 24.9. The number of nitrogens with one attached hydrogen (secondary N) is 1. The van der Waals surface area contributed by atoms with Gasteiger partial charge in [0.1, 0.15) is 24.4 Å². The number of aliphatic hydroxyl groups is 5. The standard InChI is InChI=1S/C56H89NO8/c1-3-5-7-9-11-13-14-15-16-17-18-19-20-21-22-23-24-25-26-27-28-29-30-31-32-33-34-35-36-38-40-42-44-46-52(60)57-49(50(59)45-43-41-39-37-12-10-8-6-4-2)48-64-56-55(63)54(62)53(61)51(47-58)65-56/h5,7,11-13,15-16,18-19,21-22,24-25,27-28,30-31,33-34,37,43,45,49-51,53-56,58-59,61-63H,3-4,6,8-10,14,17,20,23,26,29,32,35-36,38-42,44,46-48H2,1-2H3,(H,57,60)/b7-5-,13-11-,16-15-,19-18-,22-21-,25-24-,28-27-,31-30-,34-33-,37-12+,45-43+. The first-order valence-corrected chi connectivity index (χ1v) is 24.9. The zero-order chi connectivity index (χ0) is 47.3. The third-order valence-corrected chi connectivity index (χ3v) is 10.7. The normalized spacial score (nSPS) is 21.1. The summed E-state index contributed by atoms with van der Waals surface area (Å²) in [6.07, 6.45) is 60.9. The molecule has 0 radical (unpaired) electrons. The first-order chi connectivity index (χ1) is 31.8. The molecule has 1 heterocycles. The van der Waals surface area contributed by atoms with E-state index in [1.54, 1.807) is 6.08 Å². The maximum Gasteiger partial charge on any atom is 0.220 e. The molecule has 1 aliphatic heterocycles. The lowest BCUT2D eigenvalue weighted by Crippen LogP contribution is -2.60. The molecule has 65 heavy (non-hydrogen) atoms. The van der Waals surface area contributed by atoms with Crippen LogP contribution in [0.3, 0.4) is 0 Å². The molecule has 366 valence electrons. The molecule has 1 saturated heterocycles. The van der Waals surface area contributed by atoms with Gasteiger partial charge in [0.15, 0.2) is 6.29 Å². The lowest BCUT2D eigenvalue weighted by molar-refractivity contribution is -0.302. The second-order valence-electron chi connectivity index (χ2n) is 16.5. The highest BCUT2D eigenvalue weighted by atomic mass is 16.7. The summed E-state index contributed by atoms with van der Waals surface area (Å²) in [5.74, 6) is -0.216. The van der Waals surface area contributed by atoms with Crippen molar-refractivity contribution in [1.29, 1.82) is 0 Å². The molecule has 1 amide bonds. The van der Waals surface area contributed by atoms with Gasteiger partial charge in [0.2, 0.25) is 5.91 Å². The van der Waals surface area contributed by atoms with Crippen molar-refractivity contribution in [2.24, 2.45) is 0 Å². The van der Waals surface area contributed by atoms with E-state index < -0.39 is 49.5 Å². The smallest absolute Gasteiger partial charge is 0.220 e. The van der Waals surface area contributed by atoms with E-state index in [2.05, 4.69) is 141 Å². The van der Waals surface area contributed by atoms with Crippen LogP contribution in [-0.2, 0) is 14.3 Å². The number of carbonyl (C=O) groups excluding carboxylic acids is 1. The Balaban J connectivity index is 2.23. The van der Waals surface area contributed by atoms with Crippen molar-refractivity contribution in [3.05, 3.63) is 134 Å². The minimum atomic E-state index is -1.58. The van der Waals surface area contributed by atoms with Gasteiger partial charge in [-0.2, -0.15) is 0 Å². The molecule has 1 rings (SSSR count). The quantitative estimate of drug-likeness (QED) is 0.0264. The number of unbranched alkanes of at least 4 members (excludes halogenated alkanes) is 9. The summed E-state index contributed by atoms with van der Waals surface area (Å²) in [5, 5.41) is 54.0. The van der Waals surface area contributed by atoms with Gasteiger partial charge in [-0.3, -0.25) is 4.79 Å². The average molecular weight is 904 g/mol. The van der Waals surface area contributed by atoms with Crippen LogP contribution in [0, 0.1) is 0 Å². The Hall–Kier alpha value is -3.67. The van der Waals surface area contributed by atoms with Gasteiger partial charge in [-0.15, -0.1) is 0 Å². The van der Waals surface area contributed by atoms with Crippen molar-refractivity contribution in [2.75, 3.05) is 13.2 Å². The van der Waals surface area contributed by atoms with Gasteiger partial charge in [-0.1, -0.05) is 180 Å². The lowest BCUT2D eigenvalue weighted by Gasteiger charge is -2.40. The average Bonchev–Trinajstić information content (AvgIpc) is 3.31. The molecule has 9 nitrogen and oxygen atoms in total. The monoisotopic (exact) mass is 904 g/mol. The van der Waals surface area contributed by atoms with Crippen LogP contribution in [0.1, 0.15) is 155 Å². The Bertz CT molecular complexity index is 1470. The fourth-order valence-corrected chi connectivity index (χ4v) is 6.75. The summed E-state index contributed by atoms with van der Waals surface area (Å²) in [5.41, 5.74) is 0. The molecular formula is C56H89NO8. The SMILES string of the molecule is CC/C=C\C/C=C\C/C=C\C/C=C\C/C=C\C/C=C\C/C=C\C/C=C\C/C=C\CCCCCCCC(=O)NC(COC1OC(CO)C(O)C(O)C1O)C(O)/C=C/CC/C=C/CCCCC. The van der Waals surface area contributed by atoms with Gasteiger partial charge in [-0.25, -0.2) is 0 Å². The molecule has 0 spiro atoms. The van der Waals surface area contributed by atoms with Crippen LogP contribution in [0.5, 0.6) is 0 Å². The van der Waals surface area contributed by atoms with Crippen LogP contribution < -0.4 is 5.32 Å². The molecule has 7 unspecified atom stereocenters. The van der Waals surface area contributed by atoms with E-state index in [1.165, 1.54) is 19.3 Å². The van der Waals surface area contributed by atoms with E-state index in [-0.39, 0.29) is 12.5 Å². The number of amides is 1. The molecule has 0 saturated carbocycles. The summed E-state index contributed by atoms with van der Waals surface area (Å²) < 4.78 is 11.2. The zero-order valence-corrected chi connectivity index (χ0v) is 40.2. The summed E-state index contributed by atoms with van der Waals surface area (Å²) in [7, 11) is 0. The molecule has 1 fully saturated rings.